The predicted octanol–water partition coefficient (Wildman–Crippen LogP) is 7.38. The van der Waals surface area contributed by atoms with E-state index in [2.05, 4.69) is 31.8 Å². The zero-order chi connectivity index (χ0) is 32.2. The highest BCUT2D eigenvalue weighted by atomic mass is 79.9. The van der Waals surface area contributed by atoms with Crippen LogP contribution < -0.4 is 25.0 Å². The van der Waals surface area contributed by atoms with Gasteiger partial charge in [0.25, 0.3) is 11.8 Å². The SMILES string of the molecule is CCOc1cc(/C=N\NC(=O)[C@H](Cc2ccccc2)NC(=O)[C@H](C)Oc2ccc(Cl)cc2Cl)ccc1OCc1ccc(Br)cc1. The summed E-state index contributed by atoms with van der Waals surface area (Å²) >= 11 is 15.6. The first-order valence-electron chi connectivity index (χ1n) is 14.1. The van der Waals surface area contributed by atoms with Crippen molar-refractivity contribution in [2.45, 2.75) is 39.0 Å². The van der Waals surface area contributed by atoms with E-state index >= 15 is 0 Å². The number of halogens is 3. The fraction of sp³-hybridized carbons (Fsp3) is 0.206. The van der Waals surface area contributed by atoms with E-state index in [0.717, 1.165) is 15.6 Å². The molecule has 45 heavy (non-hydrogen) atoms. The Bertz CT molecular complexity index is 1620. The topological polar surface area (TPSA) is 98.2 Å². The third-order valence-electron chi connectivity index (χ3n) is 6.45. The number of hydrogen-bond donors (Lipinski definition) is 2. The molecule has 8 nitrogen and oxygen atoms in total. The van der Waals surface area contributed by atoms with Crippen LogP contribution in [0.2, 0.25) is 10.0 Å². The molecule has 0 heterocycles. The Morgan fingerprint density at radius 1 is 0.867 bits per heavy atom. The molecule has 234 valence electrons. The summed E-state index contributed by atoms with van der Waals surface area (Å²) in [6, 6.07) is 26.4. The Labute approximate surface area is 280 Å². The van der Waals surface area contributed by atoms with Gasteiger partial charge in [-0.2, -0.15) is 5.10 Å². The molecule has 0 radical (unpaired) electrons. The van der Waals surface area contributed by atoms with Gasteiger partial charge < -0.3 is 19.5 Å². The zero-order valence-corrected chi connectivity index (χ0v) is 27.7. The van der Waals surface area contributed by atoms with E-state index in [0.29, 0.717) is 41.0 Å². The maximum absolute atomic E-state index is 13.2. The number of hydrazone groups is 1. The minimum atomic E-state index is -0.945. The van der Waals surface area contributed by atoms with Crippen molar-refractivity contribution in [3.05, 3.63) is 122 Å². The summed E-state index contributed by atoms with van der Waals surface area (Å²) in [6.45, 7) is 4.27. The number of nitrogens with zero attached hydrogens (tertiary/aromatic N) is 1. The molecule has 0 fully saturated rings. The van der Waals surface area contributed by atoms with Crippen molar-refractivity contribution >= 4 is 57.2 Å². The summed E-state index contributed by atoms with van der Waals surface area (Å²) in [5, 5.41) is 7.62. The summed E-state index contributed by atoms with van der Waals surface area (Å²) in [5.41, 5.74) is 5.09. The average Bonchev–Trinajstić information content (AvgIpc) is 3.03. The molecule has 0 aliphatic carbocycles. The highest BCUT2D eigenvalue weighted by molar-refractivity contribution is 9.10. The van der Waals surface area contributed by atoms with Crippen LogP contribution in [0.4, 0.5) is 0 Å². The summed E-state index contributed by atoms with van der Waals surface area (Å²) < 4.78 is 18.5. The van der Waals surface area contributed by atoms with Crippen LogP contribution in [0.5, 0.6) is 17.2 Å². The fourth-order valence-corrected chi connectivity index (χ4v) is 4.86. The van der Waals surface area contributed by atoms with Gasteiger partial charge in [0.05, 0.1) is 17.8 Å². The molecule has 0 aliphatic heterocycles. The van der Waals surface area contributed by atoms with Gasteiger partial charge in [-0.15, -0.1) is 0 Å². The number of hydrogen-bond acceptors (Lipinski definition) is 6. The van der Waals surface area contributed by atoms with Crippen LogP contribution in [0.1, 0.15) is 30.5 Å². The number of amides is 2. The van der Waals surface area contributed by atoms with Gasteiger partial charge in [0.2, 0.25) is 0 Å². The van der Waals surface area contributed by atoms with Crippen molar-refractivity contribution < 1.29 is 23.8 Å². The lowest BCUT2D eigenvalue weighted by Gasteiger charge is -2.21. The summed E-state index contributed by atoms with van der Waals surface area (Å²) in [6.07, 6.45) is 0.787. The van der Waals surface area contributed by atoms with Crippen LogP contribution in [0.25, 0.3) is 0 Å². The van der Waals surface area contributed by atoms with E-state index in [1.165, 1.54) is 12.3 Å². The van der Waals surface area contributed by atoms with Crippen LogP contribution in [-0.2, 0) is 22.6 Å². The highest BCUT2D eigenvalue weighted by Gasteiger charge is 2.25. The maximum Gasteiger partial charge on any atom is 0.262 e. The molecule has 0 unspecified atom stereocenters. The minimum absolute atomic E-state index is 0.237. The molecule has 4 aromatic carbocycles. The predicted molar refractivity (Wildman–Crippen MR) is 180 cm³/mol. The molecular formula is C34H32BrCl2N3O5. The molecule has 0 saturated heterocycles. The third-order valence-corrected chi connectivity index (χ3v) is 7.51. The van der Waals surface area contributed by atoms with Gasteiger partial charge in [0.1, 0.15) is 18.4 Å². The summed E-state index contributed by atoms with van der Waals surface area (Å²) in [5.74, 6) is 0.436. The second-order valence-corrected chi connectivity index (χ2v) is 11.6. The quantitative estimate of drug-likeness (QED) is 0.105. The lowest BCUT2D eigenvalue weighted by molar-refractivity contribution is -0.132. The first kappa shape index (κ1) is 33.8. The second kappa shape index (κ2) is 16.9. The Hall–Kier alpha value is -4.05. The molecule has 0 aromatic heterocycles. The molecule has 2 amide bonds. The van der Waals surface area contributed by atoms with Crippen LogP contribution in [0, 0.1) is 0 Å². The number of ether oxygens (including phenoxy) is 3. The number of carbonyl (C=O) groups is 2. The van der Waals surface area contributed by atoms with Crippen LogP contribution in [-0.4, -0.2) is 36.8 Å². The zero-order valence-electron chi connectivity index (χ0n) is 24.6. The van der Waals surface area contributed by atoms with Crippen molar-refractivity contribution in [1.29, 1.82) is 0 Å². The molecule has 4 rings (SSSR count). The van der Waals surface area contributed by atoms with E-state index < -0.39 is 24.0 Å². The van der Waals surface area contributed by atoms with Gasteiger partial charge in [-0.05, 0) is 79.1 Å². The van der Waals surface area contributed by atoms with Gasteiger partial charge in [0, 0.05) is 15.9 Å². The number of benzene rings is 4. The minimum Gasteiger partial charge on any atom is -0.490 e. The first-order chi connectivity index (χ1) is 21.7. The molecule has 4 aromatic rings. The fourth-order valence-electron chi connectivity index (χ4n) is 4.15. The standard InChI is InChI=1S/C34H32BrCl2N3O5/c1-3-43-32-18-25(11-15-31(32)44-21-24-9-12-26(35)13-10-24)20-38-40-34(42)29(17-23-7-5-4-6-8-23)39-33(41)22(2)45-30-16-14-27(36)19-28(30)37/h4-16,18-20,22,29H,3,17,21H2,1-2H3,(H,39,41)(H,40,42)/b38-20-/t22-,29-/m0/s1. The van der Waals surface area contributed by atoms with E-state index in [9.17, 15) is 9.59 Å². The molecule has 2 N–H and O–H groups in total. The van der Waals surface area contributed by atoms with E-state index in [4.69, 9.17) is 37.4 Å². The third kappa shape index (κ3) is 10.5. The van der Waals surface area contributed by atoms with E-state index in [1.807, 2.05) is 61.5 Å². The van der Waals surface area contributed by atoms with Crippen molar-refractivity contribution in [2.75, 3.05) is 6.61 Å². The number of carbonyl (C=O) groups excluding carboxylic acids is 2. The Kier molecular flexibility index (Phi) is 12.7. The maximum atomic E-state index is 13.2. The summed E-state index contributed by atoms with van der Waals surface area (Å²) in [4.78, 5) is 26.3. The number of nitrogens with one attached hydrogen (secondary N) is 2. The van der Waals surface area contributed by atoms with Crippen molar-refractivity contribution in [3.8, 4) is 17.2 Å². The lowest BCUT2D eigenvalue weighted by atomic mass is 10.1. The largest absolute Gasteiger partial charge is 0.490 e. The highest BCUT2D eigenvalue weighted by Crippen LogP contribution is 2.30. The molecule has 0 spiro atoms. The monoisotopic (exact) mass is 711 g/mol. The van der Waals surface area contributed by atoms with Crippen LogP contribution >= 0.6 is 39.1 Å². The first-order valence-corrected chi connectivity index (χ1v) is 15.7. The molecule has 2 atom stereocenters. The number of rotatable bonds is 14. The van der Waals surface area contributed by atoms with Gasteiger partial charge in [-0.25, -0.2) is 5.43 Å². The Balaban J connectivity index is 1.41. The Morgan fingerprint density at radius 2 is 1.60 bits per heavy atom. The van der Waals surface area contributed by atoms with Gasteiger partial charge in [0.15, 0.2) is 17.6 Å². The van der Waals surface area contributed by atoms with Crippen LogP contribution in [0.3, 0.4) is 0 Å². The Morgan fingerprint density at radius 3 is 2.31 bits per heavy atom. The van der Waals surface area contributed by atoms with Crippen molar-refractivity contribution in [2.24, 2.45) is 5.10 Å². The normalized spacial score (nSPS) is 12.3. The van der Waals surface area contributed by atoms with E-state index in [1.54, 1.807) is 37.3 Å². The molecule has 11 heteroatoms. The van der Waals surface area contributed by atoms with Crippen molar-refractivity contribution in [1.82, 2.24) is 10.7 Å². The average molecular weight is 713 g/mol. The van der Waals surface area contributed by atoms with Crippen LogP contribution in [0.15, 0.2) is 101 Å². The smallest absolute Gasteiger partial charge is 0.262 e. The lowest BCUT2D eigenvalue weighted by Crippen LogP contribution is -2.50. The van der Waals surface area contributed by atoms with Gasteiger partial charge >= 0.3 is 0 Å². The van der Waals surface area contributed by atoms with Gasteiger partial charge in [-0.1, -0.05) is 81.6 Å². The second-order valence-electron chi connectivity index (χ2n) is 9.87. The molecule has 0 aliphatic rings. The van der Waals surface area contributed by atoms with Crippen molar-refractivity contribution in [3.63, 3.8) is 0 Å². The molecule has 0 saturated carbocycles. The summed E-state index contributed by atoms with van der Waals surface area (Å²) in [7, 11) is 0. The van der Waals surface area contributed by atoms with Gasteiger partial charge in [-0.3, -0.25) is 9.59 Å². The molecular weight excluding hydrogens is 681 g/mol. The molecule has 0 bridgehead atoms. The van der Waals surface area contributed by atoms with E-state index in [-0.39, 0.29) is 11.4 Å².